The van der Waals surface area contributed by atoms with Gasteiger partial charge in [0.05, 0.1) is 5.69 Å². The van der Waals surface area contributed by atoms with Crippen LogP contribution in [0.2, 0.25) is 0 Å². The molecule has 1 amide bonds. The molecule has 0 aliphatic carbocycles. The molecule has 1 aromatic carbocycles. The highest BCUT2D eigenvalue weighted by molar-refractivity contribution is 5.94. The lowest BCUT2D eigenvalue weighted by Crippen LogP contribution is -2.26. The van der Waals surface area contributed by atoms with E-state index in [0.717, 1.165) is 17.7 Å². The molecule has 1 N–H and O–H groups in total. The molecule has 3 aromatic rings. The minimum absolute atomic E-state index is 0.163. The Bertz CT molecular complexity index is 882. The van der Waals surface area contributed by atoms with E-state index in [2.05, 4.69) is 10.3 Å². The molecule has 3 rings (SSSR count). The third-order valence-electron chi connectivity index (χ3n) is 3.72. The predicted molar refractivity (Wildman–Crippen MR) is 82.2 cm³/mol. The van der Waals surface area contributed by atoms with Crippen molar-refractivity contribution in [2.45, 2.75) is 20.4 Å². The SMILES string of the molecule is Cc1nc2c(C)cccn2c1C(=O)NCc1c(F)cccc1F. The molecular formula is C17H15F2N3O. The number of amides is 1. The average molecular weight is 315 g/mol. The van der Waals surface area contributed by atoms with Crippen molar-refractivity contribution in [3.63, 3.8) is 0 Å². The molecule has 118 valence electrons. The highest BCUT2D eigenvalue weighted by Crippen LogP contribution is 2.16. The van der Waals surface area contributed by atoms with E-state index in [1.54, 1.807) is 17.5 Å². The third-order valence-corrected chi connectivity index (χ3v) is 3.72. The normalized spacial score (nSPS) is 11.0. The molecule has 2 heterocycles. The molecule has 4 nitrogen and oxygen atoms in total. The molecule has 0 spiro atoms. The molecule has 0 fully saturated rings. The fourth-order valence-corrected chi connectivity index (χ4v) is 2.54. The summed E-state index contributed by atoms with van der Waals surface area (Å²) in [5.74, 6) is -1.80. The van der Waals surface area contributed by atoms with Gasteiger partial charge >= 0.3 is 0 Å². The number of carbonyl (C=O) groups is 1. The number of fused-ring (bicyclic) bond motifs is 1. The zero-order valence-corrected chi connectivity index (χ0v) is 12.7. The fraction of sp³-hybridized carbons (Fsp3) is 0.176. The van der Waals surface area contributed by atoms with E-state index in [1.165, 1.54) is 6.07 Å². The molecule has 0 aliphatic heterocycles. The van der Waals surface area contributed by atoms with Gasteiger partial charge in [0.15, 0.2) is 0 Å². The van der Waals surface area contributed by atoms with Crippen molar-refractivity contribution in [2.75, 3.05) is 0 Å². The summed E-state index contributed by atoms with van der Waals surface area (Å²) in [4.78, 5) is 16.8. The number of pyridine rings is 1. The molecule has 0 unspecified atom stereocenters. The standard InChI is InChI=1S/C17H15F2N3O/c1-10-5-4-8-22-15(11(2)21-16(10)22)17(23)20-9-12-13(18)6-3-7-14(12)19/h3-8H,9H2,1-2H3,(H,20,23). The largest absolute Gasteiger partial charge is 0.346 e. The van der Waals surface area contributed by atoms with Crippen molar-refractivity contribution in [3.8, 4) is 0 Å². The van der Waals surface area contributed by atoms with E-state index >= 15 is 0 Å². The Morgan fingerprint density at radius 2 is 1.87 bits per heavy atom. The van der Waals surface area contributed by atoms with Crippen LogP contribution in [0.15, 0.2) is 36.5 Å². The van der Waals surface area contributed by atoms with E-state index in [-0.39, 0.29) is 12.1 Å². The summed E-state index contributed by atoms with van der Waals surface area (Å²) in [6.45, 7) is 3.40. The number of nitrogens with zero attached hydrogens (tertiary/aromatic N) is 2. The number of nitrogens with one attached hydrogen (secondary N) is 1. The average Bonchev–Trinajstić information content (AvgIpc) is 2.84. The summed E-state index contributed by atoms with van der Waals surface area (Å²) < 4.78 is 28.9. The fourth-order valence-electron chi connectivity index (χ4n) is 2.54. The molecule has 6 heteroatoms. The molecule has 0 aliphatic rings. The lowest BCUT2D eigenvalue weighted by Gasteiger charge is -2.08. The number of aromatic nitrogens is 2. The maximum absolute atomic E-state index is 13.6. The topological polar surface area (TPSA) is 46.4 Å². The van der Waals surface area contributed by atoms with Crippen LogP contribution < -0.4 is 5.32 Å². The quantitative estimate of drug-likeness (QED) is 0.807. The lowest BCUT2D eigenvalue weighted by atomic mass is 10.2. The van der Waals surface area contributed by atoms with Crippen molar-refractivity contribution < 1.29 is 13.6 Å². The van der Waals surface area contributed by atoms with Gasteiger partial charge in [-0.2, -0.15) is 0 Å². The Hall–Kier alpha value is -2.76. The Morgan fingerprint density at radius 1 is 1.17 bits per heavy atom. The maximum Gasteiger partial charge on any atom is 0.270 e. The summed E-state index contributed by atoms with van der Waals surface area (Å²) in [5.41, 5.74) is 2.39. The number of rotatable bonds is 3. The number of hydrogen-bond donors (Lipinski definition) is 1. The highest BCUT2D eigenvalue weighted by Gasteiger charge is 2.18. The number of carbonyl (C=O) groups excluding carboxylic acids is 1. The second-order valence-corrected chi connectivity index (χ2v) is 5.31. The first-order valence-electron chi connectivity index (χ1n) is 7.14. The van der Waals surface area contributed by atoms with Crippen molar-refractivity contribution in [2.24, 2.45) is 0 Å². The Labute approximate surface area is 131 Å². The van der Waals surface area contributed by atoms with Gasteiger partial charge in [0, 0.05) is 18.3 Å². The van der Waals surface area contributed by atoms with Crippen LogP contribution in [-0.4, -0.2) is 15.3 Å². The highest BCUT2D eigenvalue weighted by atomic mass is 19.1. The molecule has 0 bridgehead atoms. The molecule has 23 heavy (non-hydrogen) atoms. The summed E-state index contributed by atoms with van der Waals surface area (Å²) >= 11 is 0. The minimum atomic E-state index is -0.684. The summed E-state index contributed by atoms with van der Waals surface area (Å²) in [6, 6.07) is 7.32. The van der Waals surface area contributed by atoms with Gasteiger partial charge in [-0.25, -0.2) is 13.8 Å². The van der Waals surface area contributed by atoms with Crippen LogP contribution in [0, 0.1) is 25.5 Å². The number of aryl methyl sites for hydroxylation is 2. The van der Waals surface area contributed by atoms with Gasteiger partial charge in [-0.1, -0.05) is 12.1 Å². The van der Waals surface area contributed by atoms with Crippen LogP contribution in [0.1, 0.15) is 27.3 Å². The van der Waals surface area contributed by atoms with Gasteiger partial charge in [-0.3, -0.25) is 9.20 Å². The van der Waals surface area contributed by atoms with Gasteiger partial charge < -0.3 is 5.32 Å². The van der Waals surface area contributed by atoms with E-state index < -0.39 is 17.5 Å². The molecular weight excluding hydrogens is 300 g/mol. The van der Waals surface area contributed by atoms with Crippen LogP contribution in [0.4, 0.5) is 8.78 Å². The van der Waals surface area contributed by atoms with Gasteiger partial charge in [-0.15, -0.1) is 0 Å². The van der Waals surface area contributed by atoms with Gasteiger partial charge in [-0.05, 0) is 37.6 Å². The Balaban J connectivity index is 1.90. The van der Waals surface area contributed by atoms with E-state index in [4.69, 9.17) is 0 Å². The van der Waals surface area contributed by atoms with Crippen LogP contribution >= 0.6 is 0 Å². The van der Waals surface area contributed by atoms with Crippen molar-refractivity contribution in [1.82, 2.24) is 14.7 Å². The lowest BCUT2D eigenvalue weighted by molar-refractivity contribution is 0.0943. The smallest absolute Gasteiger partial charge is 0.270 e. The van der Waals surface area contributed by atoms with Gasteiger partial charge in [0.1, 0.15) is 23.0 Å². The molecule has 0 radical (unpaired) electrons. The first kappa shape index (κ1) is 15.1. The molecule has 2 aromatic heterocycles. The Morgan fingerprint density at radius 3 is 2.57 bits per heavy atom. The zero-order chi connectivity index (χ0) is 16.6. The van der Waals surface area contributed by atoms with Gasteiger partial charge in [0.25, 0.3) is 5.91 Å². The number of hydrogen-bond acceptors (Lipinski definition) is 2. The van der Waals surface area contributed by atoms with Crippen molar-refractivity contribution in [3.05, 3.63) is 70.7 Å². The zero-order valence-electron chi connectivity index (χ0n) is 12.7. The third kappa shape index (κ3) is 2.67. The first-order chi connectivity index (χ1) is 11.0. The van der Waals surface area contributed by atoms with Crippen LogP contribution in [-0.2, 0) is 6.54 Å². The van der Waals surface area contributed by atoms with Crippen LogP contribution in [0.25, 0.3) is 5.65 Å². The van der Waals surface area contributed by atoms with E-state index in [9.17, 15) is 13.6 Å². The molecule has 0 saturated heterocycles. The van der Waals surface area contributed by atoms with Crippen molar-refractivity contribution >= 4 is 11.6 Å². The summed E-state index contributed by atoms with van der Waals surface area (Å²) in [7, 11) is 0. The minimum Gasteiger partial charge on any atom is -0.346 e. The second kappa shape index (κ2) is 5.79. The maximum atomic E-state index is 13.6. The van der Waals surface area contributed by atoms with E-state index in [1.807, 2.05) is 19.1 Å². The molecule has 0 saturated carbocycles. The van der Waals surface area contributed by atoms with Crippen LogP contribution in [0.3, 0.4) is 0 Å². The first-order valence-corrected chi connectivity index (χ1v) is 7.14. The Kier molecular flexibility index (Phi) is 3.82. The number of halogens is 2. The monoisotopic (exact) mass is 315 g/mol. The second-order valence-electron chi connectivity index (χ2n) is 5.31. The number of benzene rings is 1. The summed E-state index contributed by atoms with van der Waals surface area (Å²) in [6.07, 6.45) is 1.74. The van der Waals surface area contributed by atoms with Crippen molar-refractivity contribution in [1.29, 1.82) is 0 Å². The van der Waals surface area contributed by atoms with Gasteiger partial charge in [0.2, 0.25) is 0 Å². The molecule has 0 atom stereocenters. The summed E-state index contributed by atoms with van der Waals surface area (Å²) in [5, 5.41) is 2.56. The predicted octanol–water partition coefficient (Wildman–Crippen LogP) is 3.16. The van der Waals surface area contributed by atoms with E-state index in [0.29, 0.717) is 17.0 Å². The number of imidazole rings is 1. The van der Waals surface area contributed by atoms with Crippen LogP contribution in [0.5, 0.6) is 0 Å².